The highest BCUT2D eigenvalue weighted by Crippen LogP contribution is 2.66. The summed E-state index contributed by atoms with van der Waals surface area (Å²) < 4.78 is 29.5. The minimum absolute atomic E-state index is 0.314. The van der Waals surface area contributed by atoms with Crippen molar-refractivity contribution in [2.75, 3.05) is 0 Å². The van der Waals surface area contributed by atoms with E-state index in [0.29, 0.717) is 16.9 Å². The second-order valence-corrected chi connectivity index (χ2v) is 8.62. The predicted octanol–water partition coefficient (Wildman–Crippen LogP) is 2.16. The lowest BCUT2D eigenvalue weighted by molar-refractivity contribution is -0.169. The van der Waals surface area contributed by atoms with E-state index in [2.05, 4.69) is 15.9 Å². The Morgan fingerprint density at radius 3 is 2.68 bits per heavy atom. The van der Waals surface area contributed by atoms with Crippen LogP contribution in [-0.4, -0.2) is 25.2 Å². The number of hydrogen-bond acceptors (Lipinski definition) is 4. The monoisotopic (exact) mass is 344 g/mol. The topological polar surface area (TPSA) is 60.4 Å². The molecule has 1 aromatic rings. The highest BCUT2D eigenvalue weighted by atomic mass is 79.9. The number of sulfone groups is 1. The number of alkyl halides is 1. The number of esters is 1. The Morgan fingerprint density at radius 1 is 1.42 bits per heavy atom. The van der Waals surface area contributed by atoms with Crippen LogP contribution < -0.4 is 0 Å². The van der Waals surface area contributed by atoms with Crippen LogP contribution in [0, 0.1) is 0 Å². The number of carbonyl (C=O) groups is 1. The summed E-state index contributed by atoms with van der Waals surface area (Å²) in [6, 6.07) is 6.90. The number of ether oxygens (including phenoxy) is 1. The summed E-state index contributed by atoms with van der Waals surface area (Å²) in [5, 5.41) is -0.568. The van der Waals surface area contributed by atoms with Crippen molar-refractivity contribution in [3.8, 4) is 0 Å². The van der Waals surface area contributed by atoms with Gasteiger partial charge in [0.05, 0.1) is 10.1 Å². The Kier molecular flexibility index (Phi) is 2.49. The molecule has 0 saturated heterocycles. The lowest BCUT2D eigenvalue weighted by Crippen LogP contribution is -2.65. The van der Waals surface area contributed by atoms with Crippen molar-refractivity contribution in [1.29, 1.82) is 0 Å². The predicted molar refractivity (Wildman–Crippen MR) is 72.8 cm³/mol. The van der Waals surface area contributed by atoms with Gasteiger partial charge in [-0.1, -0.05) is 34.1 Å². The van der Waals surface area contributed by atoms with Crippen LogP contribution in [0.5, 0.6) is 0 Å². The second kappa shape index (κ2) is 3.61. The summed E-state index contributed by atoms with van der Waals surface area (Å²) in [5.41, 5.74) is -0.140. The molecule has 1 saturated carbocycles. The van der Waals surface area contributed by atoms with E-state index in [9.17, 15) is 13.2 Å². The van der Waals surface area contributed by atoms with Gasteiger partial charge >= 0.3 is 5.97 Å². The van der Waals surface area contributed by atoms with Crippen molar-refractivity contribution in [3.05, 3.63) is 29.8 Å². The first-order chi connectivity index (χ1) is 8.73. The van der Waals surface area contributed by atoms with Crippen molar-refractivity contribution >= 4 is 31.7 Å². The van der Waals surface area contributed by atoms with Crippen LogP contribution in [0.25, 0.3) is 0 Å². The molecule has 0 amide bonds. The van der Waals surface area contributed by atoms with E-state index in [0.717, 1.165) is 0 Å². The summed E-state index contributed by atoms with van der Waals surface area (Å²) >= 11 is 3.56. The van der Waals surface area contributed by atoms with Crippen molar-refractivity contribution in [2.24, 2.45) is 0 Å². The number of rotatable bonds is 1. The SMILES string of the molecule is CC(=O)OC1(C)CC2C1(Br)c1ccccc1S2(=O)=O. The molecule has 1 aromatic carbocycles. The Bertz CT molecular complexity index is 684. The van der Waals surface area contributed by atoms with Gasteiger partial charge < -0.3 is 4.74 Å². The number of carbonyl (C=O) groups excluding carboxylic acids is 1. The number of fused-ring (bicyclic) bond motifs is 3. The van der Waals surface area contributed by atoms with Crippen LogP contribution in [0.3, 0.4) is 0 Å². The highest BCUT2D eigenvalue weighted by Gasteiger charge is 2.74. The normalized spacial score (nSPS) is 37.9. The van der Waals surface area contributed by atoms with Crippen molar-refractivity contribution in [3.63, 3.8) is 0 Å². The zero-order valence-electron chi connectivity index (χ0n) is 10.5. The molecule has 102 valence electrons. The average Bonchev–Trinajstić information content (AvgIpc) is 2.47. The van der Waals surface area contributed by atoms with Crippen molar-refractivity contribution in [2.45, 2.75) is 40.3 Å². The molecule has 1 fully saturated rings. The molecule has 1 heterocycles. The van der Waals surface area contributed by atoms with E-state index in [1.165, 1.54) is 6.92 Å². The number of halogens is 1. The van der Waals surface area contributed by atoms with Gasteiger partial charge in [-0.2, -0.15) is 0 Å². The Morgan fingerprint density at radius 2 is 2.05 bits per heavy atom. The average molecular weight is 345 g/mol. The summed E-state index contributed by atoms with van der Waals surface area (Å²) in [5.74, 6) is -0.401. The standard InChI is InChI=1S/C13H13BrO4S/c1-8(15)18-12(2)7-11-13(12,14)9-5-3-4-6-10(9)19(11,16)17/h3-6,11H,7H2,1-2H3. The molecular weight excluding hydrogens is 332 g/mol. The first kappa shape index (κ1) is 13.1. The number of hydrogen-bond donors (Lipinski definition) is 0. The first-order valence-corrected chi connectivity index (χ1v) is 8.29. The van der Waals surface area contributed by atoms with Crippen LogP contribution in [0.4, 0.5) is 0 Å². The molecule has 19 heavy (non-hydrogen) atoms. The third-order valence-electron chi connectivity index (χ3n) is 4.12. The third-order valence-corrected chi connectivity index (χ3v) is 8.48. The largest absolute Gasteiger partial charge is 0.458 e. The van der Waals surface area contributed by atoms with Gasteiger partial charge in [-0.05, 0) is 18.6 Å². The molecular formula is C13H13BrO4S. The molecule has 1 aliphatic carbocycles. The fraction of sp³-hybridized carbons (Fsp3) is 0.462. The highest BCUT2D eigenvalue weighted by molar-refractivity contribution is 9.09. The fourth-order valence-corrected chi connectivity index (χ4v) is 7.31. The number of benzene rings is 1. The van der Waals surface area contributed by atoms with Crippen LogP contribution in [-0.2, 0) is 23.7 Å². The molecule has 3 unspecified atom stereocenters. The van der Waals surface area contributed by atoms with Crippen molar-refractivity contribution < 1.29 is 17.9 Å². The van der Waals surface area contributed by atoms with E-state index in [4.69, 9.17) is 4.74 Å². The summed E-state index contributed by atoms with van der Waals surface area (Å²) in [6.07, 6.45) is 0.314. The molecule has 4 nitrogen and oxygen atoms in total. The molecule has 0 bridgehead atoms. The molecule has 0 spiro atoms. The molecule has 0 radical (unpaired) electrons. The van der Waals surface area contributed by atoms with E-state index < -0.39 is 31.0 Å². The van der Waals surface area contributed by atoms with E-state index >= 15 is 0 Å². The van der Waals surface area contributed by atoms with Gasteiger partial charge in [0.1, 0.15) is 9.93 Å². The maximum Gasteiger partial charge on any atom is 0.303 e. The molecule has 0 N–H and O–H groups in total. The third kappa shape index (κ3) is 1.39. The van der Waals surface area contributed by atoms with Gasteiger partial charge in [0.15, 0.2) is 9.84 Å². The van der Waals surface area contributed by atoms with Crippen LogP contribution in [0.15, 0.2) is 29.2 Å². The molecule has 3 atom stereocenters. The van der Waals surface area contributed by atoms with Gasteiger partial charge in [-0.3, -0.25) is 4.79 Å². The van der Waals surface area contributed by atoms with Crippen molar-refractivity contribution in [1.82, 2.24) is 0 Å². The first-order valence-electron chi connectivity index (χ1n) is 5.95. The maximum atomic E-state index is 12.5. The molecule has 6 heteroatoms. The van der Waals surface area contributed by atoms with Crippen LogP contribution in [0.1, 0.15) is 25.8 Å². The Balaban J connectivity index is 2.20. The lowest BCUT2D eigenvalue weighted by Gasteiger charge is -2.54. The van der Waals surface area contributed by atoms with Gasteiger partial charge in [-0.25, -0.2) is 8.42 Å². The molecule has 0 aromatic heterocycles. The molecule has 2 aliphatic rings. The lowest BCUT2D eigenvalue weighted by atomic mass is 9.66. The van der Waals surface area contributed by atoms with Crippen LogP contribution in [0.2, 0.25) is 0 Å². The fourth-order valence-electron chi connectivity index (χ4n) is 3.24. The summed E-state index contributed by atoms with van der Waals surface area (Å²) in [7, 11) is -3.35. The minimum atomic E-state index is -3.35. The van der Waals surface area contributed by atoms with Gasteiger partial charge in [0, 0.05) is 13.3 Å². The van der Waals surface area contributed by atoms with E-state index in [1.807, 2.05) is 0 Å². The smallest absolute Gasteiger partial charge is 0.303 e. The Labute approximate surface area is 120 Å². The van der Waals surface area contributed by atoms with Gasteiger partial charge in [-0.15, -0.1) is 0 Å². The minimum Gasteiger partial charge on any atom is -0.458 e. The summed E-state index contributed by atoms with van der Waals surface area (Å²) in [4.78, 5) is 11.6. The van der Waals surface area contributed by atoms with Gasteiger partial charge in [0.25, 0.3) is 0 Å². The van der Waals surface area contributed by atoms with E-state index in [-0.39, 0.29) is 0 Å². The van der Waals surface area contributed by atoms with Crippen LogP contribution >= 0.6 is 15.9 Å². The quantitative estimate of drug-likeness (QED) is 0.578. The van der Waals surface area contributed by atoms with E-state index in [1.54, 1.807) is 31.2 Å². The molecule has 3 rings (SSSR count). The summed E-state index contributed by atoms with van der Waals surface area (Å²) in [6.45, 7) is 3.11. The van der Waals surface area contributed by atoms with Gasteiger partial charge in [0.2, 0.25) is 0 Å². The second-order valence-electron chi connectivity index (χ2n) is 5.27. The maximum absolute atomic E-state index is 12.5. The zero-order chi connectivity index (χ0) is 14.1. The molecule has 1 aliphatic heterocycles. The Hall–Kier alpha value is -0.880. The zero-order valence-corrected chi connectivity index (χ0v) is 12.9.